The molecular formula is C20H25N3. The van der Waals surface area contributed by atoms with E-state index in [0.717, 1.165) is 18.8 Å². The SMILES string of the molecule is CCc1cc2c(cc1C#CCN1CCC1)NC(=NC)C21CCC1. The number of nitrogens with zero attached hydrogens (tertiary/aromatic N) is 2. The zero-order valence-electron chi connectivity index (χ0n) is 14.2. The summed E-state index contributed by atoms with van der Waals surface area (Å²) in [5, 5.41) is 3.56. The Labute approximate surface area is 139 Å². The van der Waals surface area contributed by atoms with Crippen LogP contribution in [0.1, 0.15) is 49.3 Å². The summed E-state index contributed by atoms with van der Waals surface area (Å²) in [4.78, 5) is 6.93. The highest BCUT2D eigenvalue weighted by Gasteiger charge is 2.49. The van der Waals surface area contributed by atoms with Gasteiger partial charge < -0.3 is 5.32 Å². The Kier molecular flexibility index (Phi) is 3.66. The monoisotopic (exact) mass is 307 g/mol. The molecule has 1 aromatic rings. The Hall–Kier alpha value is -1.79. The van der Waals surface area contributed by atoms with Crippen molar-refractivity contribution in [1.29, 1.82) is 0 Å². The molecule has 0 unspecified atom stereocenters. The standard InChI is InChI=1S/C20H25N3/c1-3-15-13-17-18(22-19(21-2)20(17)8-5-9-20)14-16(15)7-4-10-23-11-6-12-23/h13-14H,3,5-6,8-12H2,1-2H3,(H,21,22). The number of nitrogens with one attached hydrogen (secondary N) is 1. The highest BCUT2D eigenvalue weighted by molar-refractivity contribution is 6.10. The van der Waals surface area contributed by atoms with E-state index in [4.69, 9.17) is 0 Å². The fraction of sp³-hybridized carbons (Fsp3) is 0.550. The number of likely N-dealkylation sites (tertiary alicyclic amines) is 1. The molecule has 1 aromatic carbocycles. The van der Waals surface area contributed by atoms with Gasteiger partial charge in [-0.25, -0.2) is 0 Å². The van der Waals surface area contributed by atoms with Crippen molar-refractivity contribution < 1.29 is 0 Å². The van der Waals surface area contributed by atoms with Crippen molar-refractivity contribution in [2.75, 3.05) is 32.0 Å². The second-order valence-electron chi connectivity index (χ2n) is 6.97. The molecule has 3 heteroatoms. The number of aryl methyl sites for hydroxylation is 1. The molecular weight excluding hydrogens is 282 g/mol. The first-order chi connectivity index (χ1) is 11.3. The van der Waals surface area contributed by atoms with E-state index in [2.05, 4.69) is 46.1 Å². The van der Waals surface area contributed by atoms with Crippen molar-refractivity contribution in [3.8, 4) is 11.8 Å². The van der Waals surface area contributed by atoms with E-state index in [-0.39, 0.29) is 5.41 Å². The molecule has 1 N–H and O–H groups in total. The third-order valence-electron chi connectivity index (χ3n) is 5.75. The molecule has 2 aliphatic heterocycles. The zero-order chi connectivity index (χ0) is 15.9. The van der Waals surface area contributed by atoms with E-state index >= 15 is 0 Å². The van der Waals surface area contributed by atoms with E-state index in [1.54, 1.807) is 0 Å². The summed E-state index contributed by atoms with van der Waals surface area (Å²) >= 11 is 0. The Morgan fingerprint density at radius 2 is 2.09 bits per heavy atom. The predicted molar refractivity (Wildman–Crippen MR) is 96.3 cm³/mol. The average Bonchev–Trinajstić information content (AvgIpc) is 2.81. The molecule has 23 heavy (non-hydrogen) atoms. The third-order valence-corrected chi connectivity index (χ3v) is 5.75. The second-order valence-corrected chi connectivity index (χ2v) is 6.97. The van der Waals surface area contributed by atoms with Crippen LogP contribution in [0.2, 0.25) is 0 Å². The molecule has 120 valence electrons. The highest BCUT2D eigenvalue weighted by atomic mass is 15.2. The van der Waals surface area contributed by atoms with Gasteiger partial charge in [-0.05, 0) is 42.9 Å². The minimum absolute atomic E-state index is 0.178. The lowest BCUT2D eigenvalue weighted by Crippen LogP contribution is -2.41. The number of anilines is 1. The lowest BCUT2D eigenvalue weighted by molar-refractivity contribution is 0.207. The molecule has 1 aliphatic carbocycles. The third kappa shape index (κ3) is 2.28. The first-order valence-electron chi connectivity index (χ1n) is 8.90. The number of aliphatic imine (C=N–C) groups is 1. The summed E-state index contributed by atoms with van der Waals surface area (Å²) < 4.78 is 0. The molecule has 3 nitrogen and oxygen atoms in total. The Morgan fingerprint density at radius 1 is 1.26 bits per heavy atom. The molecule has 2 fully saturated rings. The predicted octanol–water partition coefficient (Wildman–Crippen LogP) is 3.18. The van der Waals surface area contributed by atoms with Gasteiger partial charge in [-0.15, -0.1) is 0 Å². The van der Waals surface area contributed by atoms with Crippen LogP contribution < -0.4 is 5.32 Å². The van der Waals surface area contributed by atoms with Gasteiger partial charge in [0.15, 0.2) is 0 Å². The van der Waals surface area contributed by atoms with Crippen LogP contribution in [0.4, 0.5) is 5.69 Å². The molecule has 0 aromatic heterocycles. The molecule has 0 amide bonds. The topological polar surface area (TPSA) is 27.6 Å². The van der Waals surface area contributed by atoms with Gasteiger partial charge in [-0.3, -0.25) is 9.89 Å². The van der Waals surface area contributed by atoms with Crippen LogP contribution in [-0.2, 0) is 11.8 Å². The molecule has 0 bridgehead atoms. The molecule has 3 aliphatic rings. The fourth-order valence-corrected chi connectivity index (χ4v) is 4.02. The van der Waals surface area contributed by atoms with Gasteiger partial charge >= 0.3 is 0 Å². The first-order valence-corrected chi connectivity index (χ1v) is 8.90. The molecule has 0 atom stereocenters. The maximum atomic E-state index is 4.53. The summed E-state index contributed by atoms with van der Waals surface area (Å²) in [7, 11) is 1.91. The maximum absolute atomic E-state index is 4.53. The van der Waals surface area contributed by atoms with E-state index in [1.165, 1.54) is 61.2 Å². The van der Waals surface area contributed by atoms with Crippen LogP contribution >= 0.6 is 0 Å². The Bertz CT molecular complexity index is 712. The second kappa shape index (κ2) is 5.69. The lowest BCUT2D eigenvalue weighted by Gasteiger charge is -2.38. The Balaban J connectivity index is 1.67. The molecule has 4 rings (SSSR count). The minimum atomic E-state index is 0.178. The number of hydrogen-bond acceptors (Lipinski definition) is 2. The smallest absolute Gasteiger partial charge is 0.111 e. The van der Waals surface area contributed by atoms with Gasteiger partial charge in [0.2, 0.25) is 0 Å². The minimum Gasteiger partial charge on any atom is -0.343 e. The molecule has 1 spiro atoms. The maximum Gasteiger partial charge on any atom is 0.111 e. The molecule has 0 radical (unpaired) electrons. The van der Waals surface area contributed by atoms with Crippen molar-refractivity contribution in [2.24, 2.45) is 4.99 Å². The van der Waals surface area contributed by atoms with Gasteiger partial charge in [-0.2, -0.15) is 0 Å². The van der Waals surface area contributed by atoms with E-state index in [1.807, 2.05) is 7.05 Å². The van der Waals surface area contributed by atoms with E-state index in [9.17, 15) is 0 Å². The Morgan fingerprint density at radius 3 is 2.65 bits per heavy atom. The molecule has 2 heterocycles. The quantitative estimate of drug-likeness (QED) is 0.850. The van der Waals surface area contributed by atoms with Crippen LogP contribution in [-0.4, -0.2) is 37.4 Å². The van der Waals surface area contributed by atoms with Crippen LogP contribution in [0.5, 0.6) is 0 Å². The van der Waals surface area contributed by atoms with Crippen molar-refractivity contribution in [3.63, 3.8) is 0 Å². The number of rotatable bonds is 2. The van der Waals surface area contributed by atoms with Gasteiger partial charge in [0.25, 0.3) is 0 Å². The molecule has 1 saturated carbocycles. The summed E-state index contributed by atoms with van der Waals surface area (Å²) in [6, 6.07) is 4.66. The van der Waals surface area contributed by atoms with Crippen LogP contribution in [0.25, 0.3) is 0 Å². The normalized spacial score (nSPS) is 22.8. The number of amidine groups is 1. The first kappa shape index (κ1) is 14.8. The summed E-state index contributed by atoms with van der Waals surface area (Å²) in [5.74, 6) is 7.94. The van der Waals surface area contributed by atoms with Gasteiger partial charge in [0, 0.05) is 31.4 Å². The summed E-state index contributed by atoms with van der Waals surface area (Å²) in [6.07, 6.45) is 6.12. The summed E-state index contributed by atoms with van der Waals surface area (Å²) in [6.45, 7) is 5.55. The number of hydrogen-bond donors (Lipinski definition) is 1. The van der Waals surface area contributed by atoms with Crippen LogP contribution in [0, 0.1) is 11.8 Å². The summed E-state index contributed by atoms with van der Waals surface area (Å²) in [5.41, 5.74) is 5.43. The number of fused-ring (bicyclic) bond motifs is 2. The number of benzene rings is 1. The van der Waals surface area contributed by atoms with Crippen LogP contribution in [0.3, 0.4) is 0 Å². The van der Waals surface area contributed by atoms with Gasteiger partial charge in [0.1, 0.15) is 5.84 Å². The van der Waals surface area contributed by atoms with Crippen molar-refractivity contribution in [3.05, 3.63) is 28.8 Å². The largest absolute Gasteiger partial charge is 0.343 e. The van der Waals surface area contributed by atoms with Crippen molar-refractivity contribution in [2.45, 2.75) is 44.4 Å². The zero-order valence-corrected chi connectivity index (χ0v) is 14.2. The van der Waals surface area contributed by atoms with Gasteiger partial charge in [0.05, 0.1) is 12.0 Å². The fourth-order valence-electron chi connectivity index (χ4n) is 4.02. The van der Waals surface area contributed by atoms with E-state index < -0.39 is 0 Å². The van der Waals surface area contributed by atoms with Crippen LogP contribution in [0.15, 0.2) is 17.1 Å². The van der Waals surface area contributed by atoms with Crippen molar-refractivity contribution >= 4 is 11.5 Å². The highest BCUT2D eigenvalue weighted by Crippen LogP contribution is 2.52. The van der Waals surface area contributed by atoms with E-state index in [0.29, 0.717) is 0 Å². The lowest BCUT2D eigenvalue weighted by atomic mass is 9.64. The van der Waals surface area contributed by atoms with Crippen molar-refractivity contribution in [1.82, 2.24) is 4.90 Å². The molecule has 1 saturated heterocycles. The van der Waals surface area contributed by atoms with Gasteiger partial charge in [-0.1, -0.05) is 31.3 Å². The average molecular weight is 307 g/mol.